The van der Waals surface area contributed by atoms with E-state index >= 15 is 0 Å². The lowest BCUT2D eigenvalue weighted by Gasteiger charge is -2.04. The first kappa shape index (κ1) is 11.4. The van der Waals surface area contributed by atoms with Gasteiger partial charge in [-0.1, -0.05) is 0 Å². The highest BCUT2D eigenvalue weighted by Gasteiger charge is 2.03. The van der Waals surface area contributed by atoms with Crippen molar-refractivity contribution in [2.24, 2.45) is 5.73 Å². The lowest BCUT2D eigenvalue weighted by atomic mass is 10.3. The van der Waals surface area contributed by atoms with Crippen molar-refractivity contribution >= 4 is 34.3 Å². The van der Waals surface area contributed by atoms with Gasteiger partial charge in [-0.3, -0.25) is 4.79 Å². The molecule has 0 unspecified atom stereocenters. The van der Waals surface area contributed by atoms with Gasteiger partial charge in [0.1, 0.15) is 5.82 Å². The summed E-state index contributed by atoms with van der Waals surface area (Å²) in [6.45, 7) is 2.26. The Morgan fingerprint density at radius 3 is 2.93 bits per heavy atom. The molecule has 14 heavy (non-hydrogen) atoms. The molecule has 0 aliphatic heterocycles. The van der Waals surface area contributed by atoms with Crippen LogP contribution in [0.4, 0.5) is 5.82 Å². The van der Waals surface area contributed by atoms with E-state index in [9.17, 15) is 4.79 Å². The maximum absolute atomic E-state index is 11.2. The summed E-state index contributed by atoms with van der Waals surface area (Å²) in [6, 6.07) is 3.70. The number of carbonyl (C=O) groups is 1. The Morgan fingerprint density at radius 2 is 2.36 bits per heavy atom. The minimum absolute atomic E-state index is 0.0967. The number of nitrogens with zero attached hydrogens (tertiary/aromatic N) is 1. The second-order valence-corrected chi connectivity index (χ2v) is 4.01. The predicted octanol–water partition coefficient (Wildman–Crippen LogP) is 1.28. The van der Waals surface area contributed by atoms with Crippen molar-refractivity contribution in [2.45, 2.75) is 13.3 Å². The number of carbonyl (C=O) groups excluding carboxylic acids is 1. The van der Waals surface area contributed by atoms with Crippen molar-refractivity contribution in [1.29, 1.82) is 0 Å². The molecule has 0 atom stereocenters. The Hall–Kier alpha value is -0.690. The molecule has 1 aromatic rings. The molecule has 0 aromatic carbocycles. The van der Waals surface area contributed by atoms with E-state index in [-0.39, 0.29) is 5.91 Å². The van der Waals surface area contributed by atoms with Crippen LogP contribution in [0.1, 0.15) is 12.1 Å². The van der Waals surface area contributed by atoms with Crippen molar-refractivity contribution in [3.8, 4) is 0 Å². The fourth-order valence-corrected chi connectivity index (χ4v) is 1.25. The molecular formula is C9H12IN3O. The number of halogens is 1. The molecule has 0 bridgehead atoms. The minimum atomic E-state index is -0.0967. The molecule has 4 nitrogen and oxygen atoms in total. The van der Waals surface area contributed by atoms with Gasteiger partial charge in [0, 0.05) is 16.5 Å². The van der Waals surface area contributed by atoms with E-state index in [1.54, 1.807) is 6.07 Å². The van der Waals surface area contributed by atoms with Gasteiger partial charge >= 0.3 is 0 Å². The Balaban J connectivity index is 2.68. The summed E-state index contributed by atoms with van der Waals surface area (Å²) in [5.41, 5.74) is 6.17. The van der Waals surface area contributed by atoms with Crippen LogP contribution in [0.2, 0.25) is 0 Å². The van der Waals surface area contributed by atoms with E-state index < -0.39 is 0 Å². The standard InChI is InChI=1S/C9H12IN3O/c1-6-7(10)2-3-8(12-6)13-9(14)4-5-11/h2-3H,4-5,11H2,1H3,(H,12,13,14). The number of pyridine rings is 1. The molecular weight excluding hydrogens is 293 g/mol. The summed E-state index contributed by atoms with van der Waals surface area (Å²) in [4.78, 5) is 15.4. The molecule has 5 heteroatoms. The van der Waals surface area contributed by atoms with Crippen LogP contribution in [0.5, 0.6) is 0 Å². The summed E-state index contributed by atoms with van der Waals surface area (Å²) in [6.07, 6.45) is 0.326. The van der Waals surface area contributed by atoms with Gasteiger partial charge in [0.05, 0.1) is 5.69 Å². The number of aromatic nitrogens is 1. The number of aryl methyl sites for hydroxylation is 1. The van der Waals surface area contributed by atoms with Crippen LogP contribution < -0.4 is 11.1 Å². The van der Waals surface area contributed by atoms with Crippen molar-refractivity contribution in [3.63, 3.8) is 0 Å². The number of hydrogen-bond acceptors (Lipinski definition) is 3. The summed E-state index contributed by atoms with van der Waals surface area (Å²) in [7, 11) is 0. The van der Waals surface area contributed by atoms with Crippen LogP contribution in [0.3, 0.4) is 0 Å². The molecule has 1 heterocycles. The molecule has 0 saturated heterocycles. The molecule has 0 fully saturated rings. The zero-order valence-electron chi connectivity index (χ0n) is 7.88. The molecule has 0 saturated carbocycles. The third-order valence-corrected chi connectivity index (χ3v) is 2.80. The van der Waals surface area contributed by atoms with E-state index in [2.05, 4.69) is 32.9 Å². The van der Waals surface area contributed by atoms with Crippen LogP contribution in [0, 0.1) is 10.5 Å². The summed E-state index contributed by atoms with van der Waals surface area (Å²) in [5, 5.41) is 2.68. The zero-order chi connectivity index (χ0) is 10.6. The zero-order valence-corrected chi connectivity index (χ0v) is 10.0. The normalized spacial score (nSPS) is 9.93. The first-order chi connectivity index (χ1) is 6.63. The topological polar surface area (TPSA) is 68.0 Å². The first-order valence-electron chi connectivity index (χ1n) is 4.26. The highest BCUT2D eigenvalue weighted by Crippen LogP contribution is 2.12. The Labute approximate surface area is 96.4 Å². The summed E-state index contributed by atoms with van der Waals surface area (Å²) >= 11 is 2.20. The molecule has 0 aliphatic carbocycles. The van der Waals surface area contributed by atoms with Crippen LogP contribution >= 0.6 is 22.6 Å². The number of amides is 1. The highest BCUT2D eigenvalue weighted by atomic mass is 127. The van der Waals surface area contributed by atoms with Crippen molar-refractivity contribution in [1.82, 2.24) is 4.98 Å². The Morgan fingerprint density at radius 1 is 1.64 bits per heavy atom. The molecule has 1 amide bonds. The summed E-state index contributed by atoms with van der Waals surface area (Å²) in [5.74, 6) is 0.488. The van der Waals surface area contributed by atoms with Gasteiger partial charge in [-0.25, -0.2) is 4.98 Å². The molecule has 1 rings (SSSR count). The lowest BCUT2D eigenvalue weighted by Crippen LogP contribution is -2.17. The fourth-order valence-electron chi connectivity index (χ4n) is 0.950. The van der Waals surface area contributed by atoms with Gasteiger partial charge in [0.2, 0.25) is 5.91 Å². The Bertz CT molecular complexity index is 341. The first-order valence-corrected chi connectivity index (χ1v) is 5.34. The maximum atomic E-state index is 11.2. The van der Waals surface area contributed by atoms with Crippen molar-refractivity contribution < 1.29 is 4.79 Å². The van der Waals surface area contributed by atoms with Crippen LogP contribution in [-0.2, 0) is 4.79 Å². The largest absolute Gasteiger partial charge is 0.330 e. The van der Waals surface area contributed by atoms with Gasteiger partial charge in [-0.2, -0.15) is 0 Å². The monoisotopic (exact) mass is 305 g/mol. The van der Waals surface area contributed by atoms with E-state index in [4.69, 9.17) is 5.73 Å². The van der Waals surface area contributed by atoms with Crippen LogP contribution in [0.25, 0.3) is 0 Å². The second kappa shape index (κ2) is 5.26. The quantitative estimate of drug-likeness (QED) is 0.827. The van der Waals surface area contributed by atoms with Crippen molar-refractivity contribution in [2.75, 3.05) is 11.9 Å². The Kier molecular flexibility index (Phi) is 4.27. The molecule has 0 aliphatic rings. The number of nitrogens with one attached hydrogen (secondary N) is 1. The molecule has 0 spiro atoms. The van der Waals surface area contributed by atoms with Gasteiger partial charge in [0.15, 0.2) is 0 Å². The van der Waals surface area contributed by atoms with Gasteiger partial charge in [-0.05, 0) is 41.6 Å². The second-order valence-electron chi connectivity index (χ2n) is 2.85. The minimum Gasteiger partial charge on any atom is -0.330 e. The predicted molar refractivity (Wildman–Crippen MR) is 64.0 cm³/mol. The average molecular weight is 305 g/mol. The third-order valence-electron chi connectivity index (χ3n) is 1.66. The van der Waals surface area contributed by atoms with E-state index in [0.29, 0.717) is 18.8 Å². The SMILES string of the molecule is Cc1nc(NC(=O)CCN)ccc1I. The van der Waals surface area contributed by atoms with Gasteiger partial charge < -0.3 is 11.1 Å². The molecule has 0 radical (unpaired) electrons. The number of rotatable bonds is 3. The van der Waals surface area contributed by atoms with E-state index in [1.165, 1.54) is 0 Å². The highest BCUT2D eigenvalue weighted by molar-refractivity contribution is 14.1. The maximum Gasteiger partial charge on any atom is 0.226 e. The molecule has 76 valence electrons. The van der Waals surface area contributed by atoms with Crippen LogP contribution in [0.15, 0.2) is 12.1 Å². The third kappa shape index (κ3) is 3.22. The fraction of sp³-hybridized carbons (Fsp3) is 0.333. The number of nitrogens with two attached hydrogens (primary N) is 1. The average Bonchev–Trinajstić information content (AvgIpc) is 2.12. The van der Waals surface area contributed by atoms with Gasteiger partial charge in [0.25, 0.3) is 0 Å². The number of hydrogen-bond donors (Lipinski definition) is 2. The summed E-state index contributed by atoms with van der Waals surface area (Å²) < 4.78 is 1.08. The lowest BCUT2D eigenvalue weighted by molar-refractivity contribution is -0.116. The smallest absolute Gasteiger partial charge is 0.226 e. The molecule has 3 N–H and O–H groups in total. The molecule has 1 aromatic heterocycles. The van der Waals surface area contributed by atoms with Gasteiger partial charge in [-0.15, -0.1) is 0 Å². The van der Waals surface area contributed by atoms with E-state index in [0.717, 1.165) is 9.26 Å². The van der Waals surface area contributed by atoms with E-state index in [1.807, 2.05) is 13.0 Å². The van der Waals surface area contributed by atoms with Crippen LogP contribution in [-0.4, -0.2) is 17.4 Å². The number of anilines is 1. The van der Waals surface area contributed by atoms with Crippen molar-refractivity contribution in [3.05, 3.63) is 21.4 Å².